The first kappa shape index (κ1) is 11.9. The van der Waals surface area contributed by atoms with Crippen molar-refractivity contribution in [2.24, 2.45) is 0 Å². The molecule has 1 N–H and O–H groups in total. The van der Waals surface area contributed by atoms with Gasteiger partial charge in [-0.1, -0.05) is 6.92 Å². The molecule has 14 heavy (non-hydrogen) atoms. The van der Waals surface area contributed by atoms with E-state index in [-0.39, 0.29) is 0 Å². The fourth-order valence-corrected chi connectivity index (χ4v) is 2.64. The van der Waals surface area contributed by atoms with E-state index in [0.717, 1.165) is 22.4 Å². The predicted molar refractivity (Wildman–Crippen MR) is 63.9 cm³/mol. The number of rotatable bonds is 6. The van der Waals surface area contributed by atoms with Crippen molar-refractivity contribution in [3.63, 3.8) is 0 Å². The molecule has 0 fully saturated rings. The Balaban J connectivity index is 2.31. The van der Waals surface area contributed by atoms with Gasteiger partial charge in [-0.05, 0) is 33.9 Å². The smallest absolute Gasteiger partial charge is 0.139 e. The molecule has 0 bridgehead atoms. The van der Waals surface area contributed by atoms with Crippen molar-refractivity contribution in [1.29, 1.82) is 0 Å². The average Bonchev–Trinajstić information content (AvgIpc) is 2.52. The van der Waals surface area contributed by atoms with Crippen LogP contribution < -0.4 is 5.32 Å². The zero-order valence-corrected chi connectivity index (χ0v) is 10.6. The van der Waals surface area contributed by atoms with E-state index in [9.17, 15) is 4.79 Å². The van der Waals surface area contributed by atoms with Gasteiger partial charge in [-0.2, -0.15) is 0 Å². The van der Waals surface area contributed by atoms with Gasteiger partial charge in [-0.25, -0.2) is 0 Å². The van der Waals surface area contributed by atoms with Gasteiger partial charge in [0.05, 0.1) is 0 Å². The molecule has 1 aromatic heterocycles. The Kier molecular flexibility index (Phi) is 5.37. The normalized spacial score (nSPS) is 10.4. The van der Waals surface area contributed by atoms with Gasteiger partial charge in [-0.15, -0.1) is 11.3 Å². The van der Waals surface area contributed by atoms with Gasteiger partial charge >= 0.3 is 0 Å². The molecule has 1 aromatic rings. The maximum atomic E-state index is 11.5. The summed E-state index contributed by atoms with van der Waals surface area (Å²) < 4.78 is 1.05. The van der Waals surface area contributed by atoms with Crippen LogP contribution in [0.4, 0.5) is 0 Å². The van der Waals surface area contributed by atoms with Crippen molar-refractivity contribution in [2.75, 3.05) is 13.1 Å². The number of hydrogen-bond acceptors (Lipinski definition) is 3. The minimum atomic E-state index is 0.300. The number of carbonyl (C=O) groups is 1. The maximum Gasteiger partial charge on any atom is 0.139 e. The zero-order chi connectivity index (χ0) is 10.4. The first-order valence-corrected chi connectivity index (χ1v) is 6.35. The number of carbonyl (C=O) groups excluding carboxylic acids is 1. The van der Waals surface area contributed by atoms with Crippen molar-refractivity contribution in [3.05, 3.63) is 20.8 Å². The summed E-state index contributed by atoms with van der Waals surface area (Å²) in [6, 6.07) is 1.98. The number of ketones is 1. The third-order valence-electron chi connectivity index (χ3n) is 1.88. The number of Topliss-reactive ketones (excluding diaryl/α,β-unsaturated/α-hetero) is 1. The summed E-state index contributed by atoms with van der Waals surface area (Å²) in [6.45, 7) is 3.76. The SMILES string of the molecule is CCNCCC(=O)Cc1sccc1Br. The highest BCUT2D eigenvalue weighted by atomic mass is 79.9. The fourth-order valence-electron chi connectivity index (χ4n) is 1.12. The van der Waals surface area contributed by atoms with E-state index in [4.69, 9.17) is 0 Å². The van der Waals surface area contributed by atoms with E-state index in [1.165, 1.54) is 0 Å². The second kappa shape index (κ2) is 6.32. The number of nitrogens with one attached hydrogen (secondary N) is 1. The van der Waals surface area contributed by atoms with E-state index in [2.05, 4.69) is 21.2 Å². The summed E-state index contributed by atoms with van der Waals surface area (Å²) >= 11 is 5.05. The molecule has 1 rings (SSSR count). The molecule has 0 aromatic carbocycles. The molecule has 0 aliphatic carbocycles. The Hall–Kier alpha value is -0.190. The van der Waals surface area contributed by atoms with E-state index in [1.807, 2.05) is 18.4 Å². The minimum Gasteiger partial charge on any atom is -0.317 e. The van der Waals surface area contributed by atoms with Crippen LogP contribution in [-0.4, -0.2) is 18.9 Å². The molecule has 0 aliphatic heterocycles. The van der Waals surface area contributed by atoms with Gasteiger partial charge in [0, 0.05) is 28.7 Å². The third kappa shape index (κ3) is 3.90. The molecule has 0 aliphatic rings. The van der Waals surface area contributed by atoms with Crippen LogP contribution in [-0.2, 0) is 11.2 Å². The maximum absolute atomic E-state index is 11.5. The first-order chi connectivity index (χ1) is 6.74. The molecule has 0 radical (unpaired) electrons. The van der Waals surface area contributed by atoms with Crippen LogP contribution in [0.1, 0.15) is 18.2 Å². The van der Waals surface area contributed by atoms with Crippen molar-refractivity contribution < 1.29 is 4.79 Å². The highest BCUT2D eigenvalue weighted by molar-refractivity contribution is 9.10. The molecule has 0 unspecified atom stereocenters. The largest absolute Gasteiger partial charge is 0.317 e. The summed E-state index contributed by atoms with van der Waals surface area (Å²) in [5.74, 6) is 0.300. The van der Waals surface area contributed by atoms with E-state index in [0.29, 0.717) is 18.6 Å². The Bertz CT molecular complexity index is 298. The van der Waals surface area contributed by atoms with E-state index in [1.54, 1.807) is 11.3 Å². The van der Waals surface area contributed by atoms with Crippen LogP contribution in [0.2, 0.25) is 0 Å². The number of halogens is 1. The molecule has 2 nitrogen and oxygen atoms in total. The predicted octanol–water partition coefficient (Wildman–Crippen LogP) is 2.62. The lowest BCUT2D eigenvalue weighted by atomic mass is 10.2. The van der Waals surface area contributed by atoms with Gasteiger partial charge in [0.1, 0.15) is 5.78 Å². The summed E-state index contributed by atoms with van der Waals surface area (Å²) in [4.78, 5) is 12.6. The summed E-state index contributed by atoms with van der Waals surface area (Å²) in [5.41, 5.74) is 0. The van der Waals surface area contributed by atoms with Crippen LogP contribution in [0.15, 0.2) is 15.9 Å². The molecule has 0 saturated carbocycles. The lowest BCUT2D eigenvalue weighted by Gasteiger charge is -2.00. The molecular formula is C10H14BrNOS. The summed E-state index contributed by atoms with van der Waals surface area (Å²) in [6.07, 6.45) is 1.18. The zero-order valence-electron chi connectivity index (χ0n) is 8.18. The summed E-state index contributed by atoms with van der Waals surface area (Å²) in [7, 11) is 0. The quantitative estimate of drug-likeness (QED) is 0.809. The van der Waals surface area contributed by atoms with Crippen LogP contribution in [0.25, 0.3) is 0 Å². The lowest BCUT2D eigenvalue weighted by molar-refractivity contribution is -0.118. The van der Waals surface area contributed by atoms with Gasteiger partial charge in [-0.3, -0.25) is 4.79 Å². The molecule has 78 valence electrons. The Labute approximate surface area is 96.8 Å². The second-order valence-corrected chi connectivity index (χ2v) is 4.87. The molecule has 1 heterocycles. The molecular weight excluding hydrogens is 262 g/mol. The summed E-state index contributed by atoms with van der Waals surface area (Å²) in [5, 5.41) is 5.14. The van der Waals surface area contributed by atoms with E-state index >= 15 is 0 Å². The molecule has 4 heteroatoms. The van der Waals surface area contributed by atoms with Crippen LogP contribution >= 0.6 is 27.3 Å². The van der Waals surface area contributed by atoms with Crippen molar-refractivity contribution >= 4 is 33.0 Å². The van der Waals surface area contributed by atoms with Gasteiger partial charge in [0.25, 0.3) is 0 Å². The molecule has 0 atom stereocenters. The topological polar surface area (TPSA) is 29.1 Å². The van der Waals surface area contributed by atoms with Crippen LogP contribution in [0, 0.1) is 0 Å². The van der Waals surface area contributed by atoms with Gasteiger partial charge in [0.2, 0.25) is 0 Å². The number of thiophene rings is 1. The Morgan fingerprint density at radius 1 is 1.64 bits per heavy atom. The monoisotopic (exact) mass is 275 g/mol. The minimum absolute atomic E-state index is 0.300. The van der Waals surface area contributed by atoms with Crippen molar-refractivity contribution in [1.82, 2.24) is 5.32 Å². The molecule has 0 amide bonds. The fraction of sp³-hybridized carbons (Fsp3) is 0.500. The highest BCUT2D eigenvalue weighted by Gasteiger charge is 2.07. The average molecular weight is 276 g/mol. The standard InChI is InChI=1S/C10H14BrNOS/c1-2-12-5-3-8(13)7-10-9(11)4-6-14-10/h4,6,12H,2-3,5,7H2,1H3. The lowest BCUT2D eigenvalue weighted by Crippen LogP contribution is -2.18. The molecule has 0 spiro atoms. The Morgan fingerprint density at radius 2 is 2.43 bits per heavy atom. The third-order valence-corrected chi connectivity index (χ3v) is 3.81. The highest BCUT2D eigenvalue weighted by Crippen LogP contribution is 2.23. The van der Waals surface area contributed by atoms with Gasteiger partial charge < -0.3 is 5.32 Å². The first-order valence-electron chi connectivity index (χ1n) is 4.68. The second-order valence-electron chi connectivity index (χ2n) is 3.01. The Morgan fingerprint density at radius 3 is 3.00 bits per heavy atom. The van der Waals surface area contributed by atoms with Crippen LogP contribution in [0.5, 0.6) is 0 Å². The van der Waals surface area contributed by atoms with Crippen molar-refractivity contribution in [2.45, 2.75) is 19.8 Å². The van der Waals surface area contributed by atoms with Gasteiger partial charge in [0.15, 0.2) is 0 Å². The van der Waals surface area contributed by atoms with E-state index < -0.39 is 0 Å². The number of hydrogen-bond donors (Lipinski definition) is 1. The van der Waals surface area contributed by atoms with Crippen molar-refractivity contribution in [3.8, 4) is 0 Å². The van der Waals surface area contributed by atoms with Crippen LogP contribution in [0.3, 0.4) is 0 Å². The molecule has 0 saturated heterocycles.